The van der Waals surface area contributed by atoms with Crippen LogP contribution in [-0.2, 0) is 14.2 Å². The Labute approximate surface area is 156 Å². The molecular formula is C20H26O4Se. The summed E-state index contributed by atoms with van der Waals surface area (Å²) >= 11 is 0.253. The molecule has 4 nitrogen and oxygen atoms in total. The second kappa shape index (κ2) is 10.6. The summed E-state index contributed by atoms with van der Waals surface area (Å²) in [6.45, 7) is 2.31. The van der Waals surface area contributed by atoms with Crippen LogP contribution in [0.25, 0.3) is 0 Å². The topological polar surface area (TPSA) is 36.9 Å². The number of rotatable bonds is 10. The SMILES string of the molecule is COCO[C@@H](C)c1cc(OC)ccc1[Se]CC(OC)c1ccccc1. The van der Waals surface area contributed by atoms with Gasteiger partial charge in [0.05, 0.1) is 0 Å². The fourth-order valence-electron chi connectivity index (χ4n) is 2.50. The summed E-state index contributed by atoms with van der Waals surface area (Å²) in [6.07, 6.45) is 0.0518. The van der Waals surface area contributed by atoms with Gasteiger partial charge in [0, 0.05) is 0 Å². The van der Waals surface area contributed by atoms with Crippen LogP contribution in [0.15, 0.2) is 48.5 Å². The molecule has 0 aromatic heterocycles. The zero-order valence-electron chi connectivity index (χ0n) is 15.2. The van der Waals surface area contributed by atoms with Crippen molar-refractivity contribution < 1.29 is 18.9 Å². The number of ether oxygens (including phenoxy) is 4. The van der Waals surface area contributed by atoms with Gasteiger partial charge in [-0.15, -0.1) is 0 Å². The van der Waals surface area contributed by atoms with Gasteiger partial charge in [-0.05, 0) is 0 Å². The summed E-state index contributed by atoms with van der Waals surface area (Å²) in [5.41, 5.74) is 2.37. The first-order valence-corrected chi connectivity index (χ1v) is 10.2. The van der Waals surface area contributed by atoms with Crippen molar-refractivity contribution in [2.24, 2.45) is 0 Å². The molecule has 0 fully saturated rings. The van der Waals surface area contributed by atoms with Crippen LogP contribution in [-0.4, -0.2) is 43.1 Å². The molecule has 2 aromatic rings. The van der Waals surface area contributed by atoms with Crippen LogP contribution < -0.4 is 9.20 Å². The molecule has 136 valence electrons. The van der Waals surface area contributed by atoms with E-state index in [1.165, 1.54) is 10.0 Å². The van der Waals surface area contributed by atoms with E-state index in [9.17, 15) is 0 Å². The van der Waals surface area contributed by atoms with Crippen molar-refractivity contribution in [3.8, 4) is 5.75 Å². The van der Waals surface area contributed by atoms with Crippen molar-refractivity contribution in [1.29, 1.82) is 0 Å². The molecule has 2 atom stereocenters. The van der Waals surface area contributed by atoms with E-state index in [-0.39, 0.29) is 34.0 Å². The van der Waals surface area contributed by atoms with Crippen LogP contribution in [0.3, 0.4) is 0 Å². The quantitative estimate of drug-likeness (QED) is 0.445. The van der Waals surface area contributed by atoms with Gasteiger partial charge >= 0.3 is 156 Å². The third-order valence-electron chi connectivity index (χ3n) is 3.94. The Balaban J connectivity index is 2.14. The fraction of sp³-hybridized carbons (Fsp3) is 0.400. The van der Waals surface area contributed by atoms with Crippen LogP contribution in [0.5, 0.6) is 5.75 Å². The summed E-state index contributed by atoms with van der Waals surface area (Å²) < 4.78 is 23.2. The Morgan fingerprint density at radius 3 is 2.40 bits per heavy atom. The normalized spacial score (nSPS) is 13.4. The van der Waals surface area contributed by atoms with Gasteiger partial charge in [-0.3, -0.25) is 0 Å². The summed E-state index contributed by atoms with van der Waals surface area (Å²) in [5.74, 6) is 0.841. The predicted molar refractivity (Wildman–Crippen MR) is 101 cm³/mol. The number of methoxy groups -OCH3 is 3. The van der Waals surface area contributed by atoms with Crippen LogP contribution in [0.2, 0.25) is 5.32 Å². The number of hydrogen-bond donors (Lipinski definition) is 0. The fourth-order valence-corrected chi connectivity index (χ4v) is 5.05. The molecule has 0 radical (unpaired) electrons. The second-order valence-corrected chi connectivity index (χ2v) is 7.79. The summed E-state index contributed by atoms with van der Waals surface area (Å²) in [5, 5.41) is 0.962. The van der Waals surface area contributed by atoms with Crippen molar-refractivity contribution in [3.63, 3.8) is 0 Å². The van der Waals surface area contributed by atoms with Gasteiger partial charge in [-0.2, -0.15) is 0 Å². The van der Waals surface area contributed by atoms with E-state index in [1.54, 1.807) is 21.3 Å². The van der Waals surface area contributed by atoms with Crippen LogP contribution in [0.4, 0.5) is 0 Å². The molecule has 0 bridgehead atoms. The van der Waals surface area contributed by atoms with E-state index in [4.69, 9.17) is 18.9 Å². The molecule has 0 aliphatic heterocycles. The Kier molecular flexibility index (Phi) is 8.45. The molecule has 5 heteroatoms. The van der Waals surface area contributed by atoms with Crippen LogP contribution >= 0.6 is 0 Å². The number of hydrogen-bond acceptors (Lipinski definition) is 4. The number of benzene rings is 2. The van der Waals surface area contributed by atoms with E-state index in [1.807, 2.05) is 31.2 Å². The van der Waals surface area contributed by atoms with Crippen LogP contribution in [0.1, 0.15) is 30.3 Å². The Hall–Kier alpha value is -1.36. The molecule has 0 spiro atoms. The Morgan fingerprint density at radius 2 is 1.76 bits per heavy atom. The van der Waals surface area contributed by atoms with Gasteiger partial charge in [0.2, 0.25) is 0 Å². The molecule has 0 aliphatic rings. The van der Waals surface area contributed by atoms with Gasteiger partial charge in [0.1, 0.15) is 0 Å². The van der Waals surface area contributed by atoms with E-state index >= 15 is 0 Å². The van der Waals surface area contributed by atoms with E-state index in [0.29, 0.717) is 0 Å². The third kappa shape index (κ3) is 5.84. The Bertz CT molecular complexity index is 633. The monoisotopic (exact) mass is 410 g/mol. The molecule has 0 aliphatic carbocycles. The van der Waals surface area contributed by atoms with Crippen molar-refractivity contribution in [2.45, 2.75) is 24.5 Å². The molecule has 0 amide bonds. The van der Waals surface area contributed by atoms with Gasteiger partial charge in [0.15, 0.2) is 0 Å². The molecule has 2 aromatic carbocycles. The van der Waals surface area contributed by atoms with Crippen molar-refractivity contribution in [1.82, 2.24) is 0 Å². The molecule has 25 heavy (non-hydrogen) atoms. The molecular weight excluding hydrogens is 383 g/mol. The molecule has 0 saturated carbocycles. The molecule has 0 saturated heterocycles. The first kappa shape index (κ1) is 20.0. The van der Waals surface area contributed by atoms with E-state index < -0.39 is 0 Å². The summed E-state index contributed by atoms with van der Waals surface area (Å²) in [6, 6.07) is 16.6. The summed E-state index contributed by atoms with van der Waals surface area (Å²) in [7, 11) is 5.08. The maximum atomic E-state index is 5.74. The molecule has 1 unspecified atom stereocenters. The molecule has 0 heterocycles. The minimum atomic E-state index is -0.0513. The molecule has 2 rings (SSSR count). The minimum absolute atomic E-state index is 0.0513. The zero-order chi connectivity index (χ0) is 18.1. The van der Waals surface area contributed by atoms with Crippen molar-refractivity contribution >= 4 is 19.4 Å². The van der Waals surface area contributed by atoms with Gasteiger partial charge in [0.25, 0.3) is 0 Å². The Morgan fingerprint density at radius 1 is 1.00 bits per heavy atom. The van der Waals surface area contributed by atoms with E-state index in [2.05, 4.69) is 24.3 Å². The first-order valence-electron chi connectivity index (χ1n) is 8.18. The second-order valence-electron chi connectivity index (χ2n) is 5.57. The standard InChI is InChI=1S/C20H26O4Se/c1-15(24-14-21-2)18-12-17(22-3)10-11-20(18)25-13-19(23-4)16-8-6-5-7-9-16/h5-12,15,19H,13-14H2,1-4H3/t15-,19?/m0/s1. The zero-order valence-corrected chi connectivity index (χ0v) is 16.9. The first-order chi connectivity index (χ1) is 12.2. The summed E-state index contributed by atoms with van der Waals surface area (Å²) in [4.78, 5) is 0. The van der Waals surface area contributed by atoms with Crippen LogP contribution in [0, 0.1) is 0 Å². The maximum absolute atomic E-state index is 5.74. The third-order valence-corrected chi connectivity index (χ3v) is 6.35. The average molecular weight is 409 g/mol. The predicted octanol–water partition coefficient (Wildman–Crippen LogP) is 3.51. The van der Waals surface area contributed by atoms with Gasteiger partial charge in [-0.1, -0.05) is 0 Å². The van der Waals surface area contributed by atoms with Crippen molar-refractivity contribution in [2.75, 3.05) is 28.1 Å². The van der Waals surface area contributed by atoms with Gasteiger partial charge in [-0.25, -0.2) is 0 Å². The average Bonchev–Trinajstić information content (AvgIpc) is 2.67. The van der Waals surface area contributed by atoms with E-state index in [0.717, 1.165) is 16.6 Å². The molecule has 0 N–H and O–H groups in total. The van der Waals surface area contributed by atoms with Gasteiger partial charge < -0.3 is 0 Å². The van der Waals surface area contributed by atoms with Crippen molar-refractivity contribution in [3.05, 3.63) is 59.7 Å².